The fourth-order valence-corrected chi connectivity index (χ4v) is 7.35. The molecule has 14 nitrogen and oxygen atoms in total. The molecule has 6 heterocycles. The van der Waals surface area contributed by atoms with Gasteiger partial charge in [0, 0.05) is 34.1 Å². The Morgan fingerprint density at radius 1 is 0.556 bits per heavy atom. The van der Waals surface area contributed by atoms with Crippen LogP contribution in [-0.2, 0) is 34.1 Å². The Morgan fingerprint density at radius 3 is 1.24 bits per heavy atom. The van der Waals surface area contributed by atoms with Crippen molar-refractivity contribution in [1.29, 1.82) is 0 Å². The van der Waals surface area contributed by atoms with E-state index in [0.717, 1.165) is 85.1 Å². The van der Waals surface area contributed by atoms with E-state index in [2.05, 4.69) is 51.2 Å². The van der Waals surface area contributed by atoms with Crippen LogP contribution >= 0.6 is 0 Å². The molecule has 6 aliphatic rings. The van der Waals surface area contributed by atoms with E-state index < -0.39 is 12.6 Å². The number of aliphatic hydroxyl groups excluding tert-OH is 2. The summed E-state index contributed by atoms with van der Waals surface area (Å²) >= 11 is 0. The first-order valence-corrected chi connectivity index (χ1v) is 20.0. The van der Waals surface area contributed by atoms with E-state index in [0.29, 0.717) is 30.5 Å². The zero-order chi connectivity index (χ0) is 37.6. The second-order valence-electron chi connectivity index (χ2n) is 15.0. The van der Waals surface area contributed by atoms with Crippen LogP contribution in [0.1, 0.15) is 71.6 Å². The molecule has 4 N–H and O–H groups in total. The van der Waals surface area contributed by atoms with Crippen LogP contribution in [0.25, 0.3) is 31.9 Å². The fraction of sp³-hybridized carbons (Fsp3) is 0.895. The molecule has 6 atom stereocenters. The molecule has 0 aliphatic carbocycles. The SMILES string of the molecule is CC(O)O.CC(O)O.CN1CC[N-]C1CN(CC1C=CC=C[N-]1)CC1CCCC[N-]1.CN1CC[N-]C1CN(CC1CCCC[N-]1)CC1CCCC[N-]1.[Mn].[Mn]. The van der Waals surface area contributed by atoms with Gasteiger partial charge in [-0.1, -0.05) is 94.4 Å². The standard InChI is InChI=1S/C17H32N5.C17H28N5.2C2H6O2.2Mn/c2*1-21-11-10-20-17(21)14-22(12-15-6-2-4-8-18-15)13-16-7-3-5-9-19-16;2*1-2(3)4;;/h15-17H,2-14H2,1H3;2,4,6,8,15-17H,3,5,7,9-14H2,1H3;2*2-4H,1H3;;/q2*-3;;;;. The molecule has 0 aromatic rings. The predicted octanol–water partition coefficient (Wildman–Crippen LogP) is 4.10. The quantitative estimate of drug-likeness (QED) is 0.168. The van der Waals surface area contributed by atoms with E-state index in [1.54, 1.807) is 0 Å². The molecule has 0 saturated carbocycles. The van der Waals surface area contributed by atoms with Crippen molar-refractivity contribution in [3.63, 3.8) is 0 Å². The van der Waals surface area contributed by atoms with Crippen molar-refractivity contribution >= 4 is 0 Å². The van der Waals surface area contributed by atoms with Gasteiger partial charge in [0.1, 0.15) is 12.6 Å². The summed E-state index contributed by atoms with van der Waals surface area (Å²) in [5, 5.41) is 59.0. The molecule has 0 amide bonds. The maximum Gasteiger partial charge on any atom is 0.148 e. The van der Waals surface area contributed by atoms with Gasteiger partial charge in [-0.3, -0.25) is 0 Å². The average molecular weight is 843 g/mol. The van der Waals surface area contributed by atoms with Gasteiger partial charge in [-0.2, -0.15) is 6.20 Å². The smallest absolute Gasteiger partial charge is 0.148 e. The van der Waals surface area contributed by atoms with Crippen LogP contribution in [-0.4, -0.2) is 188 Å². The first-order valence-electron chi connectivity index (χ1n) is 20.0. The first kappa shape index (κ1) is 51.8. The van der Waals surface area contributed by atoms with E-state index in [1.807, 2.05) is 12.3 Å². The third-order valence-corrected chi connectivity index (χ3v) is 10.1. The summed E-state index contributed by atoms with van der Waals surface area (Å²) < 4.78 is 0. The van der Waals surface area contributed by atoms with Gasteiger partial charge in [-0.25, -0.2) is 0 Å². The second-order valence-corrected chi connectivity index (χ2v) is 15.0. The first-order chi connectivity index (χ1) is 25.1. The van der Waals surface area contributed by atoms with Crippen LogP contribution in [0.3, 0.4) is 0 Å². The number of aliphatic hydroxyl groups is 4. The molecule has 5 saturated heterocycles. The van der Waals surface area contributed by atoms with E-state index in [-0.39, 0.29) is 40.2 Å². The van der Waals surface area contributed by atoms with Gasteiger partial charge in [0.25, 0.3) is 0 Å². The molecular formula is C38H72Mn2N10O4-6. The molecule has 0 aromatic heterocycles. The molecule has 16 heteroatoms. The molecule has 54 heavy (non-hydrogen) atoms. The summed E-state index contributed by atoms with van der Waals surface area (Å²) in [5.74, 6) is 0. The number of rotatable bonds is 12. The normalized spacial score (nSPS) is 28.6. The number of nitrogens with zero attached hydrogens (tertiary/aromatic N) is 10. The van der Waals surface area contributed by atoms with E-state index in [1.165, 1.54) is 71.6 Å². The number of allylic oxidation sites excluding steroid dienone is 2. The van der Waals surface area contributed by atoms with Crippen molar-refractivity contribution < 1.29 is 54.6 Å². The summed E-state index contributed by atoms with van der Waals surface area (Å²) in [7, 11) is 4.38. The molecular weight excluding hydrogens is 770 g/mol. The van der Waals surface area contributed by atoms with E-state index in [4.69, 9.17) is 47.0 Å². The number of likely N-dealkylation sites (N-methyl/N-ethyl adjacent to an activating group) is 2. The molecule has 6 aliphatic heterocycles. The van der Waals surface area contributed by atoms with Crippen molar-refractivity contribution in [2.45, 2.75) is 121 Å². The van der Waals surface area contributed by atoms with Crippen LogP contribution in [0, 0.1) is 0 Å². The number of hydrogen-bond acceptors (Lipinski definition) is 8. The van der Waals surface area contributed by atoms with E-state index in [9.17, 15) is 0 Å². The monoisotopic (exact) mass is 842 g/mol. The topological polar surface area (TPSA) is 178 Å². The van der Waals surface area contributed by atoms with Crippen LogP contribution in [0.4, 0.5) is 0 Å². The van der Waals surface area contributed by atoms with Crippen LogP contribution in [0.2, 0.25) is 0 Å². The summed E-state index contributed by atoms with van der Waals surface area (Å²) in [6, 6.07) is 1.87. The summed E-state index contributed by atoms with van der Waals surface area (Å²) in [6.07, 6.45) is 18.3. The largest absolute Gasteiger partial charge is 0.684 e. The molecule has 0 bridgehead atoms. The Bertz CT molecular complexity index is 926. The second kappa shape index (κ2) is 30.8. The molecule has 5 fully saturated rings. The Labute approximate surface area is 349 Å². The van der Waals surface area contributed by atoms with Gasteiger partial charge in [-0.05, 0) is 80.3 Å². The maximum absolute atomic E-state index is 7.61. The van der Waals surface area contributed by atoms with Crippen molar-refractivity contribution in [3.05, 3.63) is 56.3 Å². The van der Waals surface area contributed by atoms with Gasteiger partial charge in [0.2, 0.25) is 0 Å². The Morgan fingerprint density at radius 2 is 0.944 bits per heavy atom. The van der Waals surface area contributed by atoms with Crippen molar-refractivity contribution in [1.82, 2.24) is 19.6 Å². The maximum atomic E-state index is 7.61. The minimum atomic E-state index is -1.17. The van der Waals surface area contributed by atoms with Crippen LogP contribution in [0.5, 0.6) is 0 Å². The van der Waals surface area contributed by atoms with Gasteiger partial charge >= 0.3 is 0 Å². The Hall–Kier alpha value is -0.201. The fourth-order valence-electron chi connectivity index (χ4n) is 7.35. The zero-order valence-corrected chi connectivity index (χ0v) is 35.9. The van der Waals surface area contributed by atoms with Crippen molar-refractivity contribution in [3.8, 4) is 0 Å². The Balaban J connectivity index is 0.000000437. The minimum Gasteiger partial charge on any atom is -0.684 e. The summed E-state index contributed by atoms with van der Waals surface area (Å²) in [5.41, 5.74) is 0. The third kappa shape index (κ3) is 23.3. The molecule has 6 unspecified atom stereocenters. The van der Waals surface area contributed by atoms with Crippen LogP contribution < -0.4 is 0 Å². The van der Waals surface area contributed by atoms with Gasteiger partial charge in [0.15, 0.2) is 0 Å². The number of hydrogen-bond donors (Lipinski definition) is 4. The number of piperidine rings is 3. The molecule has 2 radical (unpaired) electrons. The molecule has 318 valence electrons. The minimum absolute atomic E-state index is 0. The molecule has 0 aromatic carbocycles. The Kier molecular flexibility index (Phi) is 29.6. The van der Waals surface area contributed by atoms with Crippen molar-refractivity contribution in [2.24, 2.45) is 0 Å². The van der Waals surface area contributed by atoms with Crippen molar-refractivity contribution in [2.75, 3.05) is 99.2 Å². The van der Waals surface area contributed by atoms with E-state index >= 15 is 0 Å². The predicted molar refractivity (Wildman–Crippen MR) is 213 cm³/mol. The zero-order valence-electron chi connectivity index (χ0n) is 33.5. The summed E-state index contributed by atoms with van der Waals surface area (Å²) in [6.45, 7) is 16.2. The molecule has 0 spiro atoms. The average Bonchev–Trinajstić information content (AvgIpc) is 3.72. The van der Waals surface area contributed by atoms with Gasteiger partial charge in [-0.15, -0.1) is 50.8 Å². The van der Waals surface area contributed by atoms with Crippen LogP contribution in [0.15, 0.2) is 24.4 Å². The molecule has 6 rings (SSSR count). The summed E-state index contributed by atoms with van der Waals surface area (Å²) in [4.78, 5) is 9.91. The van der Waals surface area contributed by atoms with Gasteiger partial charge < -0.3 is 71.9 Å². The third-order valence-electron chi connectivity index (χ3n) is 10.1. The van der Waals surface area contributed by atoms with Gasteiger partial charge in [0.05, 0.1) is 0 Å².